The molecular weight excluding hydrogens is 193 g/mol. The standard InChI is InChI=1S/C12H18FNO/c1-12(2,14)10(7-8-15)9-5-3-4-6-11(9)13/h3-6,10,15H,7-8,14H2,1-2H3. The highest BCUT2D eigenvalue weighted by Gasteiger charge is 2.28. The van der Waals surface area contributed by atoms with Gasteiger partial charge in [0, 0.05) is 18.1 Å². The minimum atomic E-state index is -0.537. The van der Waals surface area contributed by atoms with E-state index in [1.807, 2.05) is 13.8 Å². The molecule has 3 heteroatoms. The molecule has 3 N–H and O–H groups in total. The molecule has 0 spiro atoms. The molecule has 0 radical (unpaired) electrons. The van der Waals surface area contributed by atoms with Crippen molar-refractivity contribution >= 4 is 0 Å². The maximum absolute atomic E-state index is 13.6. The molecule has 15 heavy (non-hydrogen) atoms. The highest BCUT2D eigenvalue weighted by Crippen LogP contribution is 2.30. The number of halogens is 1. The number of hydrogen-bond donors (Lipinski definition) is 2. The summed E-state index contributed by atoms with van der Waals surface area (Å²) in [5, 5.41) is 8.97. The maximum Gasteiger partial charge on any atom is 0.126 e. The molecule has 1 aromatic rings. The molecule has 0 aliphatic heterocycles. The van der Waals surface area contributed by atoms with Gasteiger partial charge in [-0.3, -0.25) is 0 Å². The highest BCUT2D eigenvalue weighted by molar-refractivity contribution is 5.24. The topological polar surface area (TPSA) is 46.2 Å². The Labute approximate surface area is 89.9 Å². The Bertz CT molecular complexity index is 320. The predicted octanol–water partition coefficient (Wildman–Crippen LogP) is 2.03. The van der Waals surface area contributed by atoms with Crippen molar-refractivity contribution in [2.75, 3.05) is 6.61 Å². The summed E-state index contributed by atoms with van der Waals surface area (Å²) in [6.07, 6.45) is 0.477. The molecule has 2 nitrogen and oxygen atoms in total. The quantitative estimate of drug-likeness (QED) is 0.800. The van der Waals surface area contributed by atoms with E-state index in [0.717, 1.165) is 0 Å². The van der Waals surface area contributed by atoms with E-state index in [-0.39, 0.29) is 18.3 Å². The molecule has 0 amide bonds. The molecule has 1 unspecified atom stereocenters. The van der Waals surface area contributed by atoms with E-state index in [9.17, 15) is 4.39 Å². The van der Waals surface area contributed by atoms with Crippen molar-refractivity contribution < 1.29 is 9.50 Å². The van der Waals surface area contributed by atoms with E-state index in [1.54, 1.807) is 18.2 Å². The monoisotopic (exact) mass is 211 g/mol. The van der Waals surface area contributed by atoms with Gasteiger partial charge >= 0.3 is 0 Å². The fraction of sp³-hybridized carbons (Fsp3) is 0.500. The van der Waals surface area contributed by atoms with Crippen molar-refractivity contribution in [1.82, 2.24) is 0 Å². The van der Waals surface area contributed by atoms with E-state index in [2.05, 4.69) is 0 Å². The lowest BCUT2D eigenvalue weighted by Gasteiger charge is -2.30. The second kappa shape index (κ2) is 4.73. The van der Waals surface area contributed by atoms with Crippen LogP contribution in [0.2, 0.25) is 0 Å². The maximum atomic E-state index is 13.6. The van der Waals surface area contributed by atoms with E-state index < -0.39 is 5.54 Å². The SMILES string of the molecule is CC(C)(N)C(CCO)c1ccccc1F. The zero-order valence-corrected chi connectivity index (χ0v) is 9.20. The first-order chi connectivity index (χ1) is 6.96. The molecule has 1 aromatic carbocycles. The number of hydrogen-bond acceptors (Lipinski definition) is 2. The lowest BCUT2D eigenvalue weighted by molar-refractivity contribution is 0.248. The molecule has 0 aliphatic rings. The van der Waals surface area contributed by atoms with Crippen molar-refractivity contribution in [3.05, 3.63) is 35.6 Å². The van der Waals surface area contributed by atoms with Crippen LogP contribution >= 0.6 is 0 Å². The highest BCUT2D eigenvalue weighted by atomic mass is 19.1. The van der Waals surface area contributed by atoms with Crippen molar-refractivity contribution in [2.45, 2.75) is 31.7 Å². The summed E-state index contributed by atoms with van der Waals surface area (Å²) in [6, 6.07) is 6.59. The fourth-order valence-corrected chi connectivity index (χ4v) is 1.82. The molecular formula is C12H18FNO. The number of benzene rings is 1. The largest absolute Gasteiger partial charge is 0.396 e. The summed E-state index contributed by atoms with van der Waals surface area (Å²) in [5.74, 6) is -0.418. The average Bonchev–Trinajstić information content (AvgIpc) is 2.14. The predicted molar refractivity (Wildman–Crippen MR) is 59.1 cm³/mol. The number of aliphatic hydroxyl groups is 1. The summed E-state index contributed by atoms with van der Waals surface area (Å²) in [6.45, 7) is 3.71. The third kappa shape index (κ3) is 3.01. The van der Waals surface area contributed by atoms with Crippen molar-refractivity contribution in [3.8, 4) is 0 Å². The van der Waals surface area contributed by atoms with E-state index in [4.69, 9.17) is 10.8 Å². The van der Waals surface area contributed by atoms with Crippen LogP contribution in [0.25, 0.3) is 0 Å². The Morgan fingerprint density at radius 1 is 1.40 bits per heavy atom. The minimum absolute atomic E-state index is 0.0135. The van der Waals surface area contributed by atoms with E-state index in [0.29, 0.717) is 12.0 Å². The van der Waals surface area contributed by atoms with Crippen LogP contribution in [-0.2, 0) is 0 Å². The fourth-order valence-electron chi connectivity index (χ4n) is 1.82. The zero-order valence-electron chi connectivity index (χ0n) is 9.20. The van der Waals surface area contributed by atoms with E-state index >= 15 is 0 Å². The van der Waals surface area contributed by atoms with E-state index in [1.165, 1.54) is 6.07 Å². The molecule has 0 aromatic heterocycles. The van der Waals surface area contributed by atoms with Gasteiger partial charge in [-0.25, -0.2) is 4.39 Å². The van der Waals surface area contributed by atoms with Crippen LogP contribution in [-0.4, -0.2) is 17.3 Å². The molecule has 1 rings (SSSR count). The van der Waals surface area contributed by atoms with Crippen LogP contribution in [0, 0.1) is 5.82 Å². The van der Waals surface area contributed by atoms with Gasteiger partial charge in [0.1, 0.15) is 5.82 Å². The van der Waals surface area contributed by atoms with Crippen LogP contribution in [0.5, 0.6) is 0 Å². The first-order valence-electron chi connectivity index (χ1n) is 5.11. The molecule has 0 aliphatic carbocycles. The summed E-state index contributed by atoms with van der Waals surface area (Å²) in [5.41, 5.74) is 6.03. The Morgan fingerprint density at radius 3 is 2.47 bits per heavy atom. The Kier molecular flexibility index (Phi) is 3.83. The first kappa shape index (κ1) is 12.1. The number of aliphatic hydroxyl groups excluding tert-OH is 1. The van der Waals surface area contributed by atoms with Gasteiger partial charge in [0.2, 0.25) is 0 Å². The Morgan fingerprint density at radius 2 is 2.00 bits per heavy atom. The third-order valence-corrected chi connectivity index (χ3v) is 2.60. The van der Waals surface area contributed by atoms with Crippen LogP contribution in [0.4, 0.5) is 4.39 Å². The minimum Gasteiger partial charge on any atom is -0.396 e. The van der Waals surface area contributed by atoms with Gasteiger partial charge in [-0.15, -0.1) is 0 Å². The second-order valence-corrected chi connectivity index (χ2v) is 4.41. The zero-order chi connectivity index (χ0) is 11.5. The van der Waals surface area contributed by atoms with Crippen molar-refractivity contribution in [1.29, 1.82) is 0 Å². The molecule has 0 bridgehead atoms. The van der Waals surface area contributed by atoms with Crippen LogP contribution in [0.15, 0.2) is 24.3 Å². The lowest BCUT2D eigenvalue weighted by Crippen LogP contribution is -2.40. The van der Waals surface area contributed by atoms with Gasteiger partial charge in [0.05, 0.1) is 0 Å². The van der Waals surface area contributed by atoms with Gasteiger partial charge in [-0.2, -0.15) is 0 Å². The Balaban J connectivity index is 3.05. The van der Waals surface area contributed by atoms with Gasteiger partial charge in [0.25, 0.3) is 0 Å². The van der Waals surface area contributed by atoms with Crippen molar-refractivity contribution in [2.24, 2.45) is 5.73 Å². The summed E-state index contributed by atoms with van der Waals surface area (Å²) >= 11 is 0. The Hall–Kier alpha value is -0.930. The number of nitrogens with two attached hydrogens (primary N) is 1. The van der Waals surface area contributed by atoms with Gasteiger partial charge in [-0.1, -0.05) is 18.2 Å². The normalized spacial score (nSPS) is 13.9. The van der Waals surface area contributed by atoms with Crippen LogP contribution < -0.4 is 5.73 Å². The molecule has 0 saturated carbocycles. The third-order valence-electron chi connectivity index (χ3n) is 2.60. The first-order valence-corrected chi connectivity index (χ1v) is 5.11. The molecule has 0 fully saturated rings. The molecule has 0 saturated heterocycles. The van der Waals surface area contributed by atoms with Gasteiger partial charge < -0.3 is 10.8 Å². The van der Waals surface area contributed by atoms with Crippen molar-refractivity contribution in [3.63, 3.8) is 0 Å². The average molecular weight is 211 g/mol. The number of rotatable bonds is 4. The smallest absolute Gasteiger partial charge is 0.126 e. The molecule has 0 heterocycles. The van der Waals surface area contributed by atoms with Gasteiger partial charge in [-0.05, 0) is 31.9 Å². The summed E-state index contributed by atoms with van der Waals surface area (Å²) in [4.78, 5) is 0. The molecule has 1 atom stereocenters. The van der Waals surface area contributed by atoms with Crippen LogP contribution in [0.3, 0.4) is 0 Å². The molecule has 84 valence electrons. The van der Waals surface area contributed by atoms with Crippen LogP contribution in [0.1, 0.15) is 31.7 Å². The van der Waals surface area contributed by atoms with Gasteiger partial charge in [0.15, 0.2) is 0 Å². The lowest BCUT2D eigenvalue weighted by atomic mass is 9.80. The summed E-state index contributed by atoms with van der Waals surface area (Å²) in [7, 11) is 0. The summed E-state index contributed by atoms with van der Waals surface area (Å²) < 4.78 is 13.6. The second-order valence-electron chi connectivity index (χ2n) is 4.41.